The van der Waals surface area contributed by atoms with Crippen LogP contribution < -0.4 is 10.6 Å². The van der Waals surface area contributed by atoms with Gasteiger partial charge in [-0.3, -0.25) is 4.79 Å². The van der Waals surface area contributed by atoms with Crippen LogP contribution in [-0.4, -0.2) is 19.5 Å². The second-order valence-corrected chi connectivity index (χ2v) is 2.77. The van der Waals surface area contributed by atoms with Crippen LogP contribution in [-0.2, 0) is 0 Å². The van der Waals surface area contributed by atoms with Gasteiger partial charge in [0.1, 0.15) is 5.82 Å². The normalized spacial score (nSPS) is 9.64. The molecular formula is C10H13FN2O. The fourth-order valence-corrected chi connectivity index (χ4v) is 1.22. The van der Waals surface area contributed by atoms with Gasteiger partial charge in [-0.2, -0.15) is 0 Å². The Morgan fingerprint density at radius 3 is 2.79 bits per heavy atom. The predicted octanol–water partition coefficient (Wildman–Crippen LogP) is 1.62. The van der Waals surface area contributed by atoms with Crippen molar-refractivity contribution in [3.63, 3.8) is 0 Å². The molecule has 1 aromatic rings. The van der Waals surface area contributed by atoms with Crippen molar-refractivity contribution in [2.75, 3.05) is 18.9 Å². The zero-order valence-corrected chi connectivity index (χ0v) is 8.23. The van der Waals surface area contributed by atoms with E-state index >= 15 is 0 Å². The topological polar surface area (TPSA) is 41.1 Å². The van der Waals surface area contributed by atoms with E-state index in [-0.39, 0.29) is 11.6 Å². The summed E-state index contributed by atoms with van der Waals surface area (Å²) in [5.41, 5.74) is 0.563. The van der Waals surface area contributed by atoms with Crippen molar-refractivity contribution in [3.8, 4) is 0 Å². The molecule has 14 heavy (non-hydrogen) atoms. The van der Waals surface area contributed by atoms with Crippen LogP contribution in [0, 0.1) is 5.82 Å². The number of carbonyl (C=O) groups is 1. The molecular weight excluding hydrogens is 183 g/mol. The van der Waals surface area contributed by atoms with Crippen molar-refractivity contribution in [1.82, 2.24) is 5.32 Å². The molecule has 0 atom stereocenters. The number of anilines is 1. The number of hydrogen-bond acceptors (Lipinski definition) is 2. The number of carbonyl (C=O) groups excluding carboxylic acids is 1. The van der Waals surface area contributed by atoms with Crippen molar-refractivity contribution < 1.29 is 9.18 Å². The van der Waals surface area contributed by atoms with Crippen molar-refractivity contribution in [2.45, 2.75) is 6.92 Å². The molecule has 0 radical (unpaired) electrons. The highest BCUT2D eigenvalue weighted by atomic mass is 19.1. The largest absolute Gasteiger partial charge is 0.385 e. The predicted molar refractivity (Wildman–Crippen MR) is 54.0 cm³/mol. The van der Waals surface area contributed by atoms with Crippen LogP contribution in [0.4, 0.5) is 10.1 Å². The van der Waals surface area contributed by atoms with Gasteiger partial charge in [0.25, 0.3) is 5.91 Å². The van der Waals surface area contributed by atoms with Gasteiger partial charge in [0.15, 0.2) is 0 Å². The van der Waals surface area contributed by atoms with E-state index in [1.165, 1.54) is 12.1 Å². The first kappa shape index (κ1) is 10.5. The fourth-order valence-electron chi connectivity index (χ4n) is 1.22. The number of hydrogen-bond donors (Lipinski definition) is 2. The maximum Gasteiger partial charge on any atom is 0.253 e. The molecule has 0 fully saturated rings. The number of nitrogens with one attached hydrogen (secondary N) is 2. The Kier molecular flexibility index (Phi) is 3.45. The van der Waals surface area contributed by atoms with Gasteiger partial charge in [-0.25, -0.2) is 4.39 Å². The minimum Gasteiger partial charge on any atom is -0.385 e. The van der Waals surface area contributed by atoms with E-state index in [1.807, 2.05) is 6.92 Å². The highest BCUT2D eigenvalue weighted by molar-refractivity contribution is 5.99. The quantitative estimate of drug-likeness (QED) is 0.771. The van der Waals surface area contributed by atoms with Gasteiger partial charge in [-0.1, -0.05) is 6.07 Å². The van der Waals surface area contributed by atoms with E-state index in [0.29, 0.717) is 12.1 Å². The SMILES string of the molecule is CCNC(=O)c1cccc(F)c1NC. The smallest absolute Gasteiger partial charge is 0.253 e. The number of halogens is 1. The van der Waals surface area contributed by atoms with Crippen LogP contribution >= 0.6 is 0 Å². The Labute approximate surface area is 82.3 Å². The third-order valence-electron chi connectivity index (χ3n) is 1.85. The lowest BCUT2D eigenvalue weighted by molar-refractivity contribution is 0.0956. The van der Waals surface area contributed by atoms with Gasteiger partial charge >= 0.3 is 0 Å². The van der Waals surface area contributed by atoms with Gasteiger partial charge < -0.3 is 10.6 Å². The average molecular weight is 196 g/mol. The molecule has 0 aliphatic carbocycles. The molecule has 0 heterocycles. The van der Waals surface area contributed by atoms with Crippen LogP contribution in [0.3, 0.4) is 0 Å². The van der Waals surface area contributed by atoms with Gasteiger partial charge in [-0.05, 0) is 19.1 Å². The summed E-state index contributed by atoms with van der Waals surface area (Å²) in [6.45, 7) is 2.34. The summed E-state index contributed by atoms with van der Waals surface area (Å²) in [6.07, 6.45) is 0. The van der Waals surface area contributed by atoms with Crippen molar-refractivity contribution >= 4 is 11.6 Å². The maximum atomic E-state index is 13.2. The molecule has 2 N–H and O–H groups in total. The van der Waals surface area contributed by atoms with Gasteiger partial charge in [0.05, 0.1) is 11.3 Å². The second-order valence-electron chi connectivity index (χ2n) is 2.77. The third-order valence-corrected chi connectivity index (χ3v) is 1.85. The Balaban J connectivity index is 3.07. The first-order valence-corrected chi connectivity index (χ1v) is 4.45. The third kappa shape index (κ3) is 2.02. The summed E-state index contributed by atoms with van der Waals surface area (Å²) in [5, 5.41) is 5.29. The Bertz CT molecular complexity index is 339. The molecule has 1 amide bonds. The lowest BCUT2D eigenvalue weighted by Crippen LogP contribution is -2.23. The maximum absolute atomic E-state index is 13.2. The molecule has 1 rings (SSSR count). The first-order valence-electron chi connectivity index (χ1n) is 4.45. The number of rotatable bonds is 3. The molecule has 0 spiro atoms. The summed E-state index contributed by atoms with van der Waals surface area (Å²) in [5.74, 6) is -0.687. The van der Waals surface area contributed by atoms with Gasteiger partial charge in [-0.15, -0.1) is 0 Å². The molecule has 0 aromatic heterocycles. The van der Waals surface area contributed by atoms with Gasteiger partial charge in [0.2, 0.25) is 0 Å². The summed E-state index contributed by atoms with van der Waals surface area (Å²) in [6, 6.07) is 4.41. The fraction of sp³-hybridized carbons (Fsp3) is 0.300. The number of benzene rings is 1. The lowest BCUT2D eigenvalue weighted by Gasteiger charge is -2.09. The standard InChI is InChI=1S/C10H13FN2O/c1-3-13-10(14)7-5-4-6-8(11)9(7)12-2/h4-6,12H,3H2,1-2H3,(H,13,14). The van der Waals surface area contributed by atoms with E-state index < -0.39 is 5.82 Å². The van der Waals surface area contributed by atoms with Crippen molar-refractivity contribution in [1.29, 1.82) is 0 Å². The first-order chi connectivity index (χ1) is 6.70. The van der Waals surface area contributed by atoms with Crippen LogP contribution in [0.25, 0.3) is 0 Å². The highest BCUT2D eigenvalue weighted by Crippen LogP contribution is 2.18. The lowest BCUT2D eigenvalue weighted by atomic mass is 10.1. The summed E-state index contributed by atoms with van der Waals surface area (Å²) >= 11 is 0. The van der Waals surface area contributed by atoms with Gasteiger partial charge in [0, 0.05) is 13.6 Å². The van der Waals surface area contributed by atoms with E-state index in [1.54, 1.807) is 13.1 Å². The molecule has 76 valence electrons. The van der Waals surface area contributed by atoms with E-state index in [0.717, 1.165) is 0 Å². The molecule has 0 saturated heterocycles. The van der Waals surface area contributed by atoms with Crippen LogP contribution in [0.2, 0.25) is 0 Å². The molecule has 0 bridgehead atoms. The van der Waals surface area contributed by atoms with Crippen LogP contribution in [0.1, 0.15) is 17.3 Å². The minimum atomic E-state index is -0.420. The summed E-state index contributed by atoms with van der Waals surface area (Å²) in [7, 11) is 1.58. The van der Waals surface area contributed by atoms with Crippen molar-refractivity contribution in [2.24, 2.45) is 0 Å². The molecule has 0 aliphatic rings. The average Bonchev–Trinajstić information content (AvgIpc) is 2.17. The Morgan fingerprint density at radius 1 is 1.50 bits per heavy atom. The molecule has 0 unspecified atom stereocenters. The Morgan fingerprint density at radius 2 is 2.21 bits per heavy atom. The monoisotopic (exact) mass is 196 g/mol. The zero-order valence-electron chi connectivity index (χ0n) is 8.23. The highest BCUT2D eigenvalue weighted by Gasteiger charge is 2.12. The molecule has 1 aromatic carbocycles. The van der Waals surface area contributed by atoms with E-state index in [9.17, 15) is 9.18 Å². The molecule has 0 aliphatic heterocycles. The summed E-state index contributed by atoms with van der Waals surface area (Å²) in [4.78, 5) is 11.5. The zero-order chi connectivity index (χ0) is 10.6. The minimum absolute atomic E-state index is 0.235. The molecule has 0 saturated carbocycles. The molecule has 4 heteroatoms. The van der Waals surface area contributed by atoms with E-state index in [2.05, 4.69) is 10.6 Å². The molecule has 3 nitrogen and oxygen atoms in total. The van der Waals surface area contributed by atoms with Crippen LogP contribution in [0.15, 0.2) is 18.2 Å². The van der Waals surface area contributed by atoms with Crippen LogP contribution in [0.5, 0.6) is 0 Å². The van der Waals surface area contributed by atoms with Crippen molar-refractivity contribution in [3.05, 3.63) is 29.6 Å². The summed E-state index contributed by atoms with van der Waals surface area (Å²) < 4.78 is 13.2. The number of amides is 1. The Hall–Kier alpha value is -1.58. The second kappa shape index (κ2) is 4.60. The number of para-hydroxylation sites is 1. The van der Waals surface area contributed by atoms with E-state index in [4.69, 9.17) is 0 Å².